The van der Waals surface area contributed by atoms with E-state index in [2.05, 4.69) is 26.0 Å². The van der Waals surface area contributed by atoms with Gasteiger partial charge in [-0.2, -0.15) is 0 Å². The number of hydrogen-bond donors (Lipinski definition) is 0. The van der Waals surface area contributed by atoms with Crippen molar-refractivity contribution in [1.82, 2.24) is 0 Å². The first kappa shape index (κ1) is 19.8. The van der Waals surface area contributed by atoms with E-state index < -0.39 is 0 Å². The van der Waals surface area contributed by atoms with Crippen LogP contribution in [0.5, 0.6) is 0 Å². The third-order valence-electron chi connectivity index (χ3n) is 7.14. The molecule has 0 aromatic carbocycles. The van der Waals surface area contributed by atoms with E-state index in [4.69, 9.17) is 0 Å². The standard InChI is InChI=1S/C24H40Se/c1-3-5-6-8-23-17-18-24(25-23)22-15-13-21(14-16-22)20-11-9-19(7-4-2)10-12-20/h17-22H,3-16H2,1-2H3. The number of aryl methyl sites for hydroxylation is 1. The topological polar surface area (TPSA) is 0 Å². The molecule has 25 heavy (non-hydrogen) atoms. The van der Waals surface area contributed by atoms with Gasteiger partial charge in [0.05, 0.1) is 0 Å². The van der Waals surface area contributed by atoms with Crippen LogP contribution in [0, 0.1) is 17.8 Å². The molecule has 0 unspecified atom stereocenters. The van der Waals surface area contributed by atoms with Gasteiger partial charge in [0.25, 0.3) is 0 Å². The molecule has 1 heteroatoms. The SMILES string of the molecule is CCCCCc1ccc(C2CCC(C3CCC(CCC)CC3)CC2)[se]1. The molecule has 3 rings (SSSR count). The summed E-state index contributed by atoms with van der Waals surface area (Å²) in [6.45, 7) is 4.67. The van der Waals surface area contributed by atoms with Crippen molar-refractivity contribution >= 4 is 14.5 Å². The summed E-state index contributed by atoms with van der Waals surface area (Å²) < 4.78 is 3.64. The first-order valence-electron chi connectivity index (χ1n) is 11.4. The molecule has 1 aromatic heterocycles. The van der Waals surface area contributed by atoms with Gasteiger partial charge in [-0.05, 0) is 0 Å². The molecular weight excluding hydrogens is 367 g/mol. The van der Waals surface area contributed by atoms with Crippen LogP contribution in [0.15, 0.2) is 12.1 Å². The second-order valence-corrected chi connectivity index (χ2v) is 11.5. The van der Waals surface area contributed by atoms with E-state index in [-0.39, 0.29) is 0 Å². The molecule has 0 spiro atoms. The molecule has 1 heterocycles. The molecule has 0 amide bonds. The molecule has 0 saturated heterocycles. The molecule has 2 saturated carbocycles. The Hall–Kier alpha value is -0.000519. The van der Waals surface area contributed by atoms with Crippen LogP contribution >= 0.6 is 0 Å². The van der Waals surface area contributed by atoms with Gasteiger partial charge in [0.15, 0.2) is 0 Å². The van der Waals surface area contributed by atoms with E-state index >= 15 is 0 Å². The van der Waals surface area contributed by atoms with Crippen LogP contribution < -0.4 is 0 Å². The molecule has 0 atom stereocenters. The fourth-order valence-electron chi connectivity index (χ4n) is 5.53. The zero-order valence-electron chi connectivity index (χ0n) is 16.8. The van der Waals surface area contributed by atoms with Gasteiger partial charge < -0.3 is 0 Å². The van der Waals surface area contributed by atoms with Gasteiger partial charge in [0.2, 0.25) is 0 Å². The van der Waals surface area contributed by atoms with Crippen molar-refractivity contribution in [1.29, 1.82) is 0 Å². The van der Waals surface area contributed by atoms with Gasteiger partial charge in [0, 0.05) is 0 Å². The van der Waals surface area contributed by atoms with Gasteiger partial charge in [-0.3, -0.25) is 0 Å². The van der Waals surface area contributed by atoms with Crippen molar-refractivity contribution in [2.24, 2.45) is 17.8 Å². The third-order valence-corrected chi connectivity index (χ3v) is 9.88. The monoisotopic (exact) mass is 408 g/mol. The fraction of sp³-hybridized carbons (Fsp3) is 0.833. The van der Waals surface area contributed by atoms with E-state index in [0.29, 0.717) is 14.5 Å². The van der Waals surface area contributed by atoms with Crippen molar-refractivity contribution in [2.45, 2.75) is 110 Å². The molecule has 0 aliphatic heterocycles. The number of unbranched alkanes of at least 4 members (excludes halogenated alkanes) is 2. The van der Waals surface area contributed by atoms with Crippen LogP contribution in [0.1, 0.15) is 112 Å². The van der Waals surface area contributed by atoms with Crippen molar-refractivity contribution in [3.63, 3.8) is 0 Å². The quantitative estimate of drug-likeness (QED) is 0.312. The van der Waals surface area contributed by atoms with Crippen LogP contribution in [0.4, 0.5) is 0 Å². The average molecular weight is 408 g/mol. The molecule has 0 radical (unpaired) electrons. The van der Waals surface area contributed by atoms with Crippen LogP contribution in [0.25, 0.3) is 0 Å². The van der Waals surface area contributed by atoms with Crippen LogP contribution in [0.2, 0.25) is 0 Å². The molecule has 0 nitrogen and oxygen atoms in total. The first-order valence-corrected chi connectivity index (χ1v) is 13.1. The number of rotatable bonds is 8. The van der Waals surface area contributed by atoms with E-state index in [1.165, 1.54) is 77.0 Å². The molecule has 2 fully saturated rings. The van der Waals surface area contributed by atoms with Crippen molar-refractivity contribution in [2.75, 3.05) is 0 Å². The summed E-state index contributed by atoms with van der Waals surface area (Å²) in [7, 11) is 0. The second-order valence-electron chi connectivity index (χ2n) is 8.94. The van der Waals surface area contributed by atoms with E-state index in [0.717, 1.165) is 23.7 Å². The van der Waals surface area contributed by atoms with Crippen LogP contribution in [-0.4, -0.2) is 14.5 Å². The molecule has 0 N–H and O–H groups in total. The summed E-state index contributed by atoms with van der Waals surface area (Å²) in [6.07, 6.45) is 20.7. The normalized spacial score (nSPS) is 30.5. The Morgan fingerprint density at radius 1 is 0.800 bits per heavy atom. The molecule has 2 aliphatic rings. The van der Waals surface area contributed by atoms with Crippen LogP contribution in [0.3, 0.4) is 0 Å². The molecule has 0 bridgehead atoms. The predicted octanol–water partition coefficient (Wildman–Crippen LogP) is 7.36. The Labute approximate surface area is 162 Å². The summed E-state index contributed by atoms with van der Waals surface area (Å²) in [5, 5.41) is 0. The Kier molecular flexibility index (Phi) is 8.19. The summed E-state index contributed by atoms with van der Waals surface area (Å²) >= 11 is 0.712. The predicted molar refractivity (Wildman–Crippen MR) is 112 cm³/mol. The third kappa shape index (κ3) is 5.74. The second kappa shape index (κ2) is 10.4. The van der Waals surface area contributed by atoms with Crippen LogP contribution in [-0.2, 0) is 6.42 Å². The van der Waals surface area contributed by atoms with Crippen molar-refractivity contribution in [3.8, 4) is 0 Å². The molecule has 2 aliphatic carbocycles. The molecule has 142 valence electrons. The van der Waals surface area contributed by atoms with Gasteiger partial charge in [-0.25, -0.2) is 0 Å². The van der Waals surface area contributed by atoms with Gasteiger partial charge in [-0.1, -0.05) is 0 Å². The minimum absolute atomic E-state index is 0.712. The Balaban J connectivity index is 1.41. The summed E-state index contributed by atoms with van der Waals surface area (Å²) in [4.78, 5) is 0. The fourth-order valence-corrected chi connectivity index (χ4v) is 8.10. The summed E-state index contributed by atoms with van der Waals surface area (Å²) in [5.74, 6) is 4.18. The van der Waals surface area contributed by atoms with E-state index in [1.54, 1.807) is 17.3 Å². The molecule has 1 aromatic rings. The maximum atomic E-state index is 2.53. The van der Waals surface area contributed by atoms with E-state index in [1.807, 2.05) is 4.44 Å². The maximum absolute atomic E-state index is 2.53. The molecular formula is C24H40Se. The summed E-state index contributed by atoms with van der Waals surface area (Å²) in [5.41, 5.74) is 0. The Morgan fingerprint density at radius 2 is 1.48 bits per heavy atom. The minimum atomic E-state index is 0.712. The van der Waals surface area contributed by atoms with Crippen molar-refractivity contribution in [3.05, 3.63) is 21.0 Å². The first-order chi connectivity index (χ1) is 12.3. The van der Waals surface area contributed by atoms with E-state index in [9.17, 15) is 0 Å². The number of hydrogen-bond acceptors (Lipinski definition) is 0. The zero-order chi connectivity index (χ0) is 17.5. The summed E-state index contributed by atoms with van der Waals surface area (Å²) in [6, 6.07) is 5.02. The van der Waals surface area contributed by atoms with Gasteiger partial charge in [-0.15, -0.1) is 0 Å². The Bertz CT molecular complexity index is 472. The average Bonchev–Trinajstić information content (AvgIpc) is 3.12. The zero-order valence-corrected chi connectivity index (χ0v) is 18.5. The van der Waals surface area contributed by atoms with Gasteiger partial charge in [0.1, 0.15) is 0 Å². The Morgan fingerprint density at radius 3 is 2.12 bits per heavy atom. The van der Waals surface area contributed by atoms with Gasteiger partial charge >= 0.3 is 163 Å². The van der Waals surface area contributed by atoms with Crippen molar-refractivity contribution < 1.29 is 0 Å².